The molecule has 13 nitrogen and oxygen atoms in total. The molecule has 2 aliphatic heterocycles. The third-order valence-corrected chi connectivity index (χ3v) is 8.60. The van der Waals surface area contributed by atoms with E-state index in [-0.39, 0.29) is 13.2 Å². The highest BCUT2D eigenvalue weighted by Gasteiger charge is 2.72. The van der Waals surface area contributed by atoms with E-state index in [4.69, 9.17) is 49.6 Å². The van der Waals surface area contributed by atoms with E-state index >= 15 is 0 Å². The molecule has 51 heavy (non-hydrogen) atoms. The molecule has 5 rings (SSSR count). The van der Waals surface area contributed by atoms with Crippen molar-refractivity contribution in [2.24, 2.45) is 5.16 Å². The van der Waals surface area contributed by atoms with Crippen molar-refractivity contribution in [2.75, 3.05) is 26.9 Å². The van der Waals surface area contributed by atoms with Gasteiger partial charge in [-0.1, -0.05) is 65.3 Å². The third-order valence-electron chi connectivity index (χ3n) is 8.23. The summed E-state index contributed by atoms with van der Waals surface area (Å²) in [6, 6.07) is 22.0. The maximum absolute atomic E-state index is 12.5. The van der Waals surface area contributed by atoms with Crippen LogP contribution in [0.4, 0.5) is 0 Å². The average molecular weight is 724 g/mol. The summed E-state index contributed by atoms with van der Waals surface area (Å²) in [7, 11) is 1.48. The van der Waals surface area contributed by atoms with E-state index in [0.717, 1.165) is 25.0 Å². The van der Waals surface area contributed by atoms with E-state index in [0.29, 0.717) is 34.0 Å². The molecule has 2 heterocycles. The van der Waals surface area contributed by atoms with Gasteiger partial charge in [-0.25, -0.2) is 0 Å². The Labute approximate surface area is 299 Å². The fourth-order valence-corrected chi connectivity index (χ4v) is 6.31. The molecule has 0 N–H and O–H groups in total. The second-order valence-corrected chi connectivity index (χ2v) is 12.4. The molecule has 0 aromatic heterocycles. The summed E-state index contributed by atoms with van der Waals surface area (Å²) in [4.78, 5) is 54.1. The van der Waals surface area contributed by atoms with Gasteiger partial charge in [0.25, 0.3) is 0 Å². The van der Waals surface area contributed by atoms with Crippen molar-refractivity contribution < 1.29 is 57.2 Å². The summed E-state index contributed by atoms with van der Waals surface area (Å²) < 4.78 is 41.2. The van der Waals surface area contributed by atoms with Crippen molar-refractivity contribution in [3.8, 4) is 5.75 Å². The SMILES string of the molecule is CON=C(COc1ccc(Cc2cc([C@]34OC[C@](COC(C)=O)(O3)[C@@H](OC(C)=O)[C@H](OC(C)=O)[C@H]4OC(C)=O)ccc2Cl)cc1)c1ccccc1. The summed E-state index contributed by atoms with van der Waals surface area (Å²) in [6.07, 6.45) is -3.88. The molecule has 0 spiro atoms. The van der Waals surface area contributed by atoms with Crippen LogP contribution < -0.4 is 4.74 Å². The van der Waals surface area contributed by atoms with Crippen molar-refractivity contribution in [3.05, 3.63) is 100 Å². The number of esters is 4. The number of carbonyl (C=O) groups excluding carboxylic acids is 4. The fraction of sp³-hybridized carbons (Fsp3) is 0.378. The van der Waals surface area contributed by atoms with Crippen LogP contribution in [-0.4, -0.2) is 80.4 Å². The van der Waals surface area contributed by atoms with Gasteiger partial charge in [0.2, 0.25) is 11.9 Å². The van der Waals surface area contributed by atoms with Crippen LogP contribution in [0.5, 0.6) is 5.75 Å². The van der Waals surface area contributed by atoms with Gasteiger partial charge in [0.15, 0.2) is 17.8 Å². The minimum absolute atomic E-state index is 0.183. The number of benzene rings is 3. The normalized spacial score (nSPS) is 23.9. The van der Waals surface area contributed by atoms with E-state index in [1.54, 1.807) is 18.2 Å². The number of hydrogen-bond donors (Lipinski definition) is 0. The maximum Gasteiger partial charge on any atom is 0.303 e. The van der Waals surface area contributed by atoms with Gasteiger partial charge in [-0.2, -0.15) is 0 Å². The Hall–Kier alpha value is -4.98. The Kier molecular flexibility index (Phi) is 11.6. The van der Waals surface area contributed by atoms with Crippen molar-refractivity contribution in [2.45, 2.75) is 63.8 Å². The summed E-state index contributed by atoms with van der Waals surface area (Å²) in [6.45, 7) is 4.16. The Bertz CT molecular complexity index is 1780. The van der Waals surface area contributed by atoms with Gasteiger partial charge in [0, 0.05) is 43.8 Å². The summed E-state index contributed by atoms with van der Waals surface area (Å²) in [5, 5.41) is 4.52. The van der Waals surface area contributed by atoms with Gasteiger partial charge >= 0.3 is 23.9 Å². The lowest BCUT2D eigenvalue weighted by molar-refractivity contribution is -0.334. The summed E-state index contributed by atoms with van der Waals surface area (Å²) in [5.41, 5.74) is 1.77. The molecular formula is C37H38ClNO12. The van der Waals surface area contributed by atoms with Crippen molar-refractivity contribution in [3.63, 3.8) is 0 Å². The zero-order chi connectivity index (χ0) is 36.8. The molecule has 0 amide bonds. The molecule has 3 aromatic rings. The van der Waals surface area contributed by atoms with E-state index < -0.39 is 60.2 Å². The molecule has 2 saturated heterocycles. The first-order valence-electron chi connectivity index (χ1n) is 16.0. The Balaban J connectivity index is 1.45. The second kappa shape index (κ2) is 15.9. The lowest BCUT2D eigenvalue weighted by atomic mass is 9.83. The first-order valence-corrected chi connectivity index (χ1v) is 16.4. The smallest absolute Gasteiger partial charge is 0.303 e. The number of halogens is 1. The number of rotatable bonds is 13. The Morgan fingerprint density at radius 2 is 1.51 bits per heavy atom. The first kappa shape index (κ1) is 37.3. The standard InChI is InChI=1S/C37H38ClNO12/c1-22(40)46-20-36-21-47-37(51-36,35(50-25(4)43)33(48-23(2)41)34(36)49-24(3)42)29-13-16-31(38)28(18-29)17-26-11-14-30(15-12-26)45-19-32(39-44-5)27-9-7-6-8-10-27/h6-16,18,33-35H,17,19-21H2,1-5H3/t33-,34-,35+,36-,37-/m0/s1. The molecule has 0 unspecified atom stereocenters. The van der Waals surface area contributed by atoms with Gasteiger partial charge in [-0.15, -0.1) is 0 Å². The van der Waals surface area contributed by atoms with E-state index in [2.05, 4.69) is 5.16 Å². The maximum atomic E-state index is 12.5. The van der Waals surface area contributed by atoms with Gasteiger partial charge in [-0.3, -0.25) is 19.2 Å². The van der Waals surface area contributed by atoms with Crippen LogP contribution in [0.15, 0.2) is 78.0 Å². The van der Waals surface area contributed by atoms with Crippen molar-refractivity contribution in [1.82, 2.24) is 0 Å². The number of nitrogens with zero attached hydrogens (tertiary/aromatic N) is 1. The highest BCUT2D eigenvalue weighted by Crippen LogP contribution is 2.53. The highest BCUT2D eigenvalue weighted by atomic mass is 35.5. The lowest BCUT2D eigenvalue weighted by Gasteiger charge is -2.49. The monoisotopic (exact) mass is 723 g/mol. The lowest BCUT2D eigenvalue weighted by Crippen LogP contribution is -2.68. The molecule has 2 fully saturated rings. The fourth-order valence-electron chi connectivity index (χ4n) is 6.13. The number of fused-ring (bicyclic) bond motifs is 2. The van der Waals surface area contributed by atoms with E-state index in [9.17, 15) is 19.2 Å². The van der Waals surface area contributed by atoms with E-state index in [1.807, 2.05) is 54.6 Å². The topological polar surface area (TPSA) is 154 Å². The quantitative estimate of drug-likeness (QED) is 0.104. The minimum Gasteiger partial charge on any atom is -0.487 e. The van der Waals surface area contributed by atoms with Crippen LogP contribution in [-0.2, 0) is 64.6 Å². The number of ether oxygens (including phenoxy) is 7. The summed E-state index contributed by atoms with van der Waals surface area (Å²) >= 11 is 6.70. The van der Waals surface area contributed by atoms with Gasteiger partial charge in [-0.05, 0) is 41.8 Å². The predicted octanol–water partition coefficient (Wildman–Crippen LogP) is 4.67. The molecule has 0 saturated carbocycles. The zero-order valence-electron chi connectivity index (χ0n) is 28.7. The third kappa shape index (κ3) is 8.50. The molecule has 3 aromatic carbocycles. The predicted molar refractivity (Wildman–Crippen MR) is 181 cm³/mol. The Morgan fingerprint density at radius 3 is 2.14 bits per heavy atom. The second-order valence-electron chi connectivity index (χ2n) is 12.0. The summed E-state index contributed by atoms with van der Waals surface area (Å²) in [5.74, 6) is -4.15. The van der Waals surface area contributed by atoms with Gasteiger partial charge < -0.3 is 38.0 Å². The number of oxime groups is 1. The van der Waals surface area contributed by atoms with Gasteiger partial charge in [0.1, 0.15) is 31.8 Å². The van der Waals surface area contributed by atoms with Gasteiger partial charge in [0.05, 0.1) is 6.61 Å². The zero-order valence-corrected chi connectivity index (χ0v) is 29.5. The van der Waals surface area contributed by atoms with E-state index in [1.165, 1.54) is 21.0 Å². The molecule has 0 radical (unpaired) electrons. The molecule has 5 atom stereocenters. The van der Waals surface area contributed by atoms with Crippen molar-refractivity contribution in [1.29, 1.82) is 0 Å². The molecule has 0 aliphatic carbocycles. The van der Waals surface area contributed by atoms with Crippen LogP contribution in [0.25, 0.3) is 0 Å². The molecule has 2 aliphatic rings. The largest absolute Gasteiger partial charge is 0.487 e. The van der Waals surface area contributed by atoms with Crippen LogP contribution in [0.3, 0.4) is 0 Å². The number of carbonyl (C=O) groups is 4. The number of hydrogen-bond acceptors (Lipinski definition) is 13. The minimum atomic E-state index is -1.89. The van der Waals surface area contributed by atoms with Crippen LogP contribution in [0.1, 0.15) is 49.9 Å². The van der Waals surface area contributed by atoms with Crippen LogP contribution >= 0.6 is 11.6 Å². The molecule has 270 valence electrons. The van der Waals surface area contributed by atoms with Crippen molar-refractivity contribution >= 4 is 41.2 Å². The molecular weight excluding hydrogens is 686 g/mol. The molecule has 14 heteroatoms. The van der Waals surface area contributed by atoms with Crippen LogP contribution in [0, 0.1) is 0 Å². The van der Waals surface area contributed by atoms with Crippen LogP contribution in [0.2, 0.25) is 5.02 Å². The molecule has 2 bridgehead atoms. The first-order chi connectivity index (χ1) is 24.4. The highest BCUT2D eigenvalue weighted by molar-refractivity contribution is 6.31. The average Bonchev–Trinajstić information content (AvgIpc) is 3.45. The Morgan fingerprint density at radius 1 is 0.843 bits per heavy atom.